The molecule has 1 aromatic rings. The number of carbonyl (C=O) groups excluding carboxylic acids is 3. The van der Waals surface area contributed by atoms with E-state index in [1.165, 1.54) is 0 Å². The number of piperidine rings is 2. The van der Waals surface area contributed by atoms with Crippen molar-refractivity contribution < 1.29 is 23.9 Å². The molecule has 0 saturated carbocycles. The summed E-state index contributed by atoms with van der Waals surface area (Å²) in [5.41, 5.74) is 0.140. The van der Waals surface area contributed by atoms with Crippen LogP contribution in [0, 0.1) is 11.8 Å². The van der Waals surface area contributed by atoms with Crippen LogP contribution >= 0.6 is 0 Å². The molecular formula is C24H35N3O5. The number of rotatable bonds is 4. The van der Waals surface area contributed by atoms with E-state index in [2.05, 4.69) is 5.32 Å². The summed E-state index contributed by atoms with van der Waals surface area (Å²) >= 11 is 0. The second-order valence-corrected chi connectivity index (χ2v) is 9.53. The number of nitrogens with zero attached hydrogens (tertiary/aromatic N) is 2. The Morgan fingerprint density at radius 1 is 0.906 bits per heavy atom. The molecule has 0 unspecified atom stereocenters. The number of benzene rings is 1. The minimum atomic E-state index is -0.522. The first kappa shape index (κ1) is 23.9. The molecule has 1 aromatic carbocycles. The maximum Gasteiger partial charge on any atom is 0.410 e. The fraction of sp³-hybridized carbons (Fsp3) is 0.625. The average Bonchev–Trinajstić information content (AvgIpc) is 2.78. The van der Waals surface area contributed by atoms with Crippen molar-refractivity contribution in [2.75, 3.05) is 38.6 Å². The zero-order valence-corrected chi connectivity index (χ0v) is 19.6. The molecule has 2 aliphatic rings. The van der Waals surface area contributed by atoms with E-state index in [0.29, 0.717) is 63.3 Å². The van der Waals surface area contributed by atoms with Gasteiger partial charge >= 0.3 is 6.09 Å². The van der Waals surface area contributed by atoms with Gasteiger partial charge in [0.05, 0.1) is 12.8 Å². The number of hydrogen-bond donors (Lipinski definition) is 1. The number of carbonyl (C=O) groups is 3. The number of methoxy groups -OCH3 is 1. The predicted octanol–water partition coefficient (Wildman–Crippen LogP) is 3.52. The minimum Gasteiger partial charge on any atom is -0.495 e. The smallest absolute Gasteiger partial charge is 0.410 e. The Kier molecular flexibility index (Phi) is 7.64. The number of likely N-dealkylation sites (tertiary alicyclic amines) is 2. The van der Waals surface area contributed by atoms with Crippen LogP contribution in [0.3, 0.4) is 0 Å². The average molecular weight is 446 g/mol. The van der Waals surface area contributed by atoms with Gasteiger partial charge in [-0.2, -0.15) is 0 Å². The fourth-order valence-electron chi connectivity index (χ4n) is 4.24. The lowest BCUT2D eigenvalue weighted by atomic mass is 9.91. The number of amides is 3. The normalized spacial score (nSPS) is 18.2. The van der Waals surface area contributed by atoms with E-state index >= 15 is 0 Å². The largest absolute Gasteiger partial charge is 0.495 e. The zero-order chi connectivity index (χ0) is 23.3. The van der Waals surface area contributed by atoms with Crippen molar-refractivity contribution in [3.63, 3.8) is 0 Å². The number of anilines is 1. The zero-order valence-electron chi connectivity index (χ0n) is 19.6. The van der Waals surface area contributed by atoms with Crippen LogP contribution in [0.5, 0.6) is 5.75 Å². The maximum absolute atomic E-state index is 13.0. The molecule has 3 amide bonds. The van der Waals surface area contributed by atoms with Crippen molar-refractivity contribution in [1.82, 2.24) is 9.80 Å². The third-order valence-electron chi connectivity index (χ3n) is 6.04. The predicted molar refractivity (Wildman–Crippen MR) is 121 cm³/mol. The van der Waals surface area contributed by atoms with Gasteiger partial charge in [0.15, 0.2) is 0 Å². The molecule has 0 atom stereocenters. The molecule has 0 spiro atoms. The summed E-state index contributed by atoms with van der Waals surface area (Å²) in [6, 6.07) is 7.34. The highest BCUT2D eigenvalue weighted by Crippen LogP contribution is 2.27. The van der Waals surface area contributed by atoms with Crippen molar-refractivity contribution in [2.45, 2.75) is 52.1 Å². The van der Waals surface area contributed by atoms with Crippen LogP contribution in [-0.2, 0) is 14.3 Å². The van der Waals surface area contributed by atoms with Crippen LogP contribution in [0.2, 0.25) is 0 Å². The molecule has 32 heavy (non-hydrogen) atoms. The SMILES string of the molecule is COc1ccccc1NC(=O)C1CCN(C(=O)C2CCN(C(=O)OC(C)(C)C)CC2)CC1. The van der Waals surface area contributed by atoms with Crippen LogP contribution in [-0.4, -0.2) is 66.6 Å². The summed E-state index contributed by atoms with van der Waals surface area (Å²) in [5, 5.41) is 2.95. The van der Waals surface area contributed by atoms with E-state index in [9.17, 15) is 14.4 Å². The Hall–Kier alpha value is -2.77. The van der Waals surface area contributed by atoms with Crippen molar-refractivity contribution in [3.05, 3.63) is 24.3 Å². The van der Waals surface area contributed by atoms with Gasteiger partial charge in [-0.3, -0.25) is 9.59 Å². The summed E-state index contributed by atoms with van der Waals surface area (Å²) < 4.78 is 10.7. The minimum absolute atomic E-state index is 0.0349. The second-order valence-electron chi connectivity index (χ2n) is 9.53. The topological polar surface area (TPSA) is 88.2 Å². The Morgan fingerprint density at radius 3 is 2.06 bits per heavy atom. The molecule has 0 aliphatic carbocycles. The molecular weight excluding hydrogens is 410 g/mol. The molecule has 2 heterocycles. The van der Waals surface area contributed by atoms with Gasteiger partial charge in [-0.15, -0.1) is 0 Å². The van der Waals surface area contributed by atoms with E-state index in [0.717, 1.165) is 0 Å². The van der Waals surface area contributed by atoms with Gasteiger partial charge < -0.3 is 24.6 Å². The third-order valence-corrected chi connectivity index (χ3v) is 6.04. The van der Waals surface area contributed by atoms with Gasteiger partial charge in [-0.05, 0) is 58.6 Å². The van der Waals surface area contributed by atoms with Crippen molar-refractivity contribution in [1.29, 1.82) is 0 Å². The molecule has 0 aromatic heterocycles. The Morgan fingerprint density at radius 2 is 1.47 bits per heavy atom. The van der Waals surface area contributed by atoms with Crippen molar-refractivity contribution >= 4 is 23.6 Å². The first-order chi connectivity index (χ1) is 15.2. The van der Waals surface area contributed by atoms with Gasteiger partial charge in [-0.1, -0.05) is 12.1 Å². The maximum atomic E-state index is 13.0. The lowest BCUT2D eigenvalue weighted by molar-refractivity contribution is -0.139. The van der Waals surface area contributed by atoms with Crippen LogP contribution in [0.4, 0.5) is 10.5 Å². The van der Waals surface area contributed by atoms with E-state index < -0.39 is 5.60 Å². The van der Waals surface area contributed by atoms with Crippen molar-refractivity contribution in [2.24, 2.45) is 11.8 Å². The van der Waals surface area contributed by atoms with Gasteiger partial charge in [0.1, 0.15) is 11.4 Å². The van der Waals surface area contributed by atoms with E-state index in [1.807, 2.05) is 49.9 Å². The highest BCUT2D eigenvalue weighted by molar-refractivity contribution is 5.94. The van der Waals surface area contributed by atoms with Crippen LogP contribution in [0.25, 0.3) is 0 Å². The van der Waals surface area contributed by atoms with Gasteiger partial charge in [0.2, 0.25) is 11.8 Å². The van der Waals surface area contributed by atoms with Crippen LogP contribution < -0.4 is 10.1 Å². The molecule has 2 saturated heterocycles. The van der Waals surface area contributed by atoms with Crippen LogP contribution in [0.15, 0.2) is 24.3 Å². The van der Waals surface area contributed by atoms with Gasteiger partial charge in [0, 0.05) is 38.0 Å². The van der Waals surface area contributed by atoms with E-state index in [1.54, 1.807) is 12.0 Å². The highest BCUT2D eigenvalue weighted by Gasteiger charge is 2.34. The monoisotopic (exact) mass is 445 g/mol. The van der Waals surface area contributed by atoms with Gasteiger partial charge in [0.25, 0.3) is 0 Å². The first-order valence-corrected chi connectivity index (χ1v) is 11.4. The lowest BCUT2D eigenvalue weighted by Crippen LogP contribution is -2.48. The number of hydrogen-bond acceptors (Lipinski definition) is 5. The number of nitrogens with one attached hydrogen (secondary N) is 1. The van der Waals surface area contributed by atoms with Gasteiger partial charge in [-0.25, -0.2) is 4.79 Å². The standard InChI is InChI=1S/C24H35N3O5/c1-24(2,3)32-23(30)27-15-11-18(12-16-27)22(29)26-13-9-17(10-14-26)21(28)25-19-7-5-6-8-20(19)31-4/h5-8,17-18H,9-16H2,1-4H3,(H,25,28). The molecule has 0 radical (unpaired) electrons. The molecule has 1 N–H and O–H groups in total. The molecule has 8 heteroatoms. The van der Waals surface area contributed by atoms with Crippen LogP contribution in [0.1, 0.15) is 46.5 Å². The molecule has 3 rings (SSSR count). The number of para-hydroxylation sites is 2. The lowest BCUT2D eigenvalue weighted by Gasteiger charge is -2.37. The Labute approximate surface area is 190 Å². The molecule has 0 bridgehead atoms. The van der Waals surface area contributed by atoms with Crippen molar-refractivity contribution in [3.8, 4) is 5.75 Å². The molecule has 176 valence electrons. The molecule has 2 aliphatic heterocycles. The summed E-state index contributed by atoms with van der Waals surface area (Å²) in [6.07, 6.45) is 2.26. The van der Waals surface area contributed by atoms with E-state index in [4.69, 9.17) is 9.47 Å². The Balaban J connectivity index is 1.45. The summed E-state index contributed by atoms with van der Waals surface area (Å²) in [5.74, 6) is 0.529. The molecule has 2 fully saturated rings. The Bertz CT molecular complexity index is 819. The van der Waals surface area contributed by atoms with E-state index in [-0.39, 0.29) is 29.7 Å². The summed E-state index contributed by atoms with van der Waals surface area (Å²) in [7, 11) is 1.58. The first-order valence-electron chi connectivity index (χ1n) is 11.4. The third kappa shape index (κ3) is 6.14. The quantitative estimate of drug-likeness (QED) is 0.766. The molecule has 8 nitrogen and oxygen atoms in total. The fourth-order valence-corrected chi connectivity index (χ4v) is 4.24. The number of ether oxygens (including phenoxy) is 2. The second kappa shape index (κ2) is 10.2. The summed E-state index contributed by atoms with van der Waals surface area (Å²) in [6.45, 7) is 7.76. The summed E-state index contributed by atoms with van der Waals surface area (Å²) in [4.78, 5) is 41.5. The highest BCUT2D eigenvalue weighted by atomic mass is 16.6.